The highest BCUT2D eigenvalue weighted by Crippen LogP contribution is 2.39. The number of pyridine rings is 1. The summed E-state index contributed by atoms with van der Waals surface area (Å²) >= 11 is 0. The second-order valence-corrected chi connectivity index (χ2v) is 8.90. The van der Waals surface area contributed by atoms with Gasteiger partial charge in [0.25, 0.3) is 0 Å². The molecule has 6 heterocycles. The van der Waals surface area contributed by atoms with E-state index in [1.165, 1.54) is 12.1 Å². The number of halogens is 1. The van der Waals surface area contributed by atoms with Crippen molar-refractivity contribution < 1.29 is 13.5 Å². The molecule has 2 aliphatic heterocycles. The molecule has 0 aliphatic carbocycles. The van der Waals surface area contributed by atoms with Crippen molar-refractivity contribution in [2.75, 3.05) is 36.9 Å². The van der Waals surface area contributed by atoms with Crippen LogP contribution in [0.2, 0.25) is 0 Å². The molecule has 0 saturated carbocycles. The minimum atomic E-state index is -0.318. The molecule has 0 amide bonds. The van der Waals surface area contributed by atoms with Crippen LogP contribution in [0.5, 0.6) is 11.8 Å². The van der Waals surface area contributed by atoms with E-state index >= 15 is 0 Å². The molecule has 2 saturated heterocycles. The van der Waals surface area contributed by atoms with Crippen LogP contribution in [-0.4, -0.2) is 52.7 Å². The molecule has 10 heteroatoms. The first-order valence-electron chi connectivity index (χ1n) is 11.4. The van der Waals surface area contributed by atoms with E-state index in [2.05, 4.69) is 30.5 Å². The zero-order valence-corrected chi connectivity index (χ0v) is 18.4. The number of anilines is 2. The number of aromatic nitrogens is 4. The zero-order valence-electron chi connectivity index (χ0n) is 18.4. The maximum Gasteiger partial charge on any atom is 0.326 e. The number of furan rings is 1. The molecule has 2 aliphatic rings. The molecule has 3 N–H and O–H groups in total. The Morgan fingerprint density at radius 1 is 1.24 bits per heavy atom. The molecule has 0 spiro atoms. The van der Waals surface area contributed by atoms with Crippen molar-refractivity contribution in [1.29, 1.82) is 0 Å². The van der Waals surface area contributed by atoms with Gasteiger partial charge in [-0.2, -0.15) is 9.97 Å². The van der Waals surface area contributed by atoms with Crippen molar-refractivity contribution in [3.05, 3.63) is 42.5 Å². The quantitative estimate of drug-likeness (QED) is 0.370. The summed E-state index contributed by atoms with van der Waals surface area (Å²) in [6, 6.07) is 7.18. The minimum absolute atomic E-state index is 0.193. The molecular formula is C24H22FN7O2. The first kappa shape index (κ1) is 19.5. The molecular weight excluding hydrogens is 437 g/mol. The average Bonchev–Trinajstić information content (AvgIpc) is 3.60. The molecule has 0 bridgehead atoms. The number of hydrogen-bond acceptors (Lipinski definition) is 8. The Kier molecular flexibility index (Phi) is 4.19. The van der Waals surface area contributed by atoms with Crippen molar-refractivity contribution in [2.24, 2.45) is 5.92 Å². The molecule has 172 valence electrons. The van der Waals surface area contributed by atoms with E-state index in [0.717, 1.165) is 53.7 Å². The lowest BCUT2D eigenvalue weighted by Crippen LogP contribution is -2.30. The van der Waals surface area contributed by atoms with Gasteiger partial charge in [-0.1, -0.05) is 0 Å². The van der Waals surface area contributed by atoms with E-state index in [9.17, 15) is 4.39 Å². The second kappa shape index (κ2) is 7.29. The molecule has 5 aromatic rings. The SMILES string of the molecule is CNc1cc(F)cc2c1[nH]c1nc(Oc3cnc4ccoc4c3)nc(N3C[C@H]4CCN[C@H]4C3)c12. The Bertz CT molecular complexity index is 1550. The smallest absolute Gasteiger partial charge is 0.326 e. The van der Waals surface area contributed by atoms with Gasteiger partial charge in [-0.3, -0.25) is 0 Å². The molecule has 1 aromatic carbocycles. The molecule has 4 aromatic heterocycles. The summed E-state index contributed by atoms with van der Waals surface area (Å²) in [4.78, 5) is 19.4. The highest BCUT2D eigenvalue weighted by Gasteiger charge is 2.37. The summed E-state index contributed by atoms with van der Waals surface area (Å²) in [7, 11) is 1.77. The van der Waals surface area contributed by atoms with Crippen LogP contribution in [0, 0.1) is 11.7 Å². The number of nitrogens with one attached hydrogen (secondary N) is 3. The Morgan fingerprint density at radius 2 is 2.18 bits per heavy atom. The van der Waals surface area contributed by atoms with Gasteiger partial charge in [0.15, 0.2) is 11.3 Å². The first-order chi connectivity index (χ1) is 16.7. The van der Waals surface area contributed by atoms with Crippen LogP contribution in [0.4, 0.5) is 15.9 Å². The largest absolute Gasteiger partial charge is 0.463 e. The van der Waals surface area contributed by atoms with Crippen LogP contribution in [0.15, 0.2) is 41.1 Å². The minimum Gasteiger partial charge on any atom is -0.463 e. The molecule has 34 heavy (non-hydrogen) atoms. The lowest BCUT2D eigenvalue weighted by Gasteiger charge is -2.20. The van der Waals surface area contributed by atoms with Crippen molar-refractivity contribution in [3.8, 4) is 11.8 Å². The van der Waals surface area contributed by atoms with Crippen LogP contribution >= 0.6 is 0 Å². The zero-order chi connectivity index (χ0) is 22.8. The highest BCUT2D eigenvalue weighted by atomic mass is 19.1. The average molecular weight is 459 g/mol. The monoisotopic (exact) mass is 459 g/mol. The van der Waals surface area contributed by atoms with E-state index < -0.39 is 0 Å². The van der Waals surface area contributed by atoms with Crippen molar-refractivity contribution in [2.45, 2.75) is 12.5 Å². The Labute approximate surface area is 193 Å². The number of H-pyrrole nitrogens is 1. The van der Waals surface area contributed by atoms with E-state index in [1.54, 1.807) is 31.6 Å². The van der Waals surface area contributed by atoms with Gasteiger partial charge in [0.1, 0.15) is 22.8 Å². The summed E-state index contributed by atoms with van der Waals surface area (Å²) in [5.74, 6) is 1.46. The number of benzene rings is 1. The van der Waals surface area contributed by atoms with E-state index in [1.807, 2.05) is 0 Å². The maximum absolute atomic E-state index is 14.5. The Morgan fingerprint density at radius 3 is 3.06 bits per heavy atom. The van der Waals surface area contributed by atoms with Gasteiger partial charge in [0, 0.05) is 43.7 Å². The first-order valence-corrected chi connectivity index (χ1v) is 11.4. The van der Waals surface area contributed by atoms with Crippen LogP contribution in [0.3, 0.4) is 0 Å². The van der Waals surface area contributed by atoms with Gasteiger partial charge in [0.05, 0.1) is 29.1 Å². The number of fused-ring (bicyclic) bond motifs is 5. The number of nitrogens with zero attached hydrogens (tertiary/aromatic N) is 4. The summed E-state index contributed by atoms with van der Waals surface area (Å²) in [5.41, 5.74) is 3.40. The topological polar surface area (TPSA) is 104 Å². The van der Waals surface area contributed by atoms with Gasteiger partial charge >= 0.3 is 6.01 Å². The number of ether oxygens (including phenoxy) is 1. The van der Waals surface area contributed by atoms with Gasteiger partial charge in [-0.15, -0.1) is 0 Å². The van der Waals surface area contributed by atoms with Crippen LogP contribution in [0.1, 0.15) is 6.42 Å². The molecule has 0 unspecified atom stereocenters. The molecule has 2 atom stereocenters. The van der Waals surface area contributed by atoms with Crippen LogP contribution in [0.25, 0.3) is 33.0 Å². The van der Waals surface area contributed by atoms with Crippen LogP contribution in [-0.2, 0) is 0 Å². The fraction of sp³-hybridized carbons (Fsp3) is 0.292. The molecule has 2 fully saturated rings. The van der Waals surface area contributed by atoms with E-state index in [0.29, 0.717) is 34.6 Å². The number of hydrogen-bond donors (Lipinski definition) is 3. The predicted molar refractivity (Wildman–Crippen MR) is 127 cm³/mol. The third-order valence-corrected chi connectivity index (χ3v) is 6.90. The van der Waals surface area contributed by atoms with Gasteiger partial charge in [0.2, 0.25) is 0 Å². The molecule has 7 rings (SSSR count). The van der Waals surface area contributed by atoms with Crippen molar-refractivity contribution in [3.63, 3.8) is 0 Å². The summed E-state index contributed by atoms with van der Waals surface area (Å²) in [6.07, 6.45) is 4.35. The van der Waals surface area contributed by atoms with E-state index in [-0.39, 0.29) is 11.8 Å². The van der Waals surface area contributed by atoms with Crippen molar-refractivity contribution in [1.82, 2.24) is 25.3 Å². The third kappa shape index (κ3) is 2.98. The Hall–Kier alpha value is -3.92. The summed E-state index contributed by atoms with van der Waals surface area (Å²) in [5, 5.41) is 8.18. The maximum atomic E-state index is 14.5. The third-order valence-electron chi connectivity index (χ3n) is 6.90. The lowest BCUT2D eigenvalue weighted by atomic mass is 10.1. The Balaban J connectivity index is 1.40. The van der Waals surface area contributed by atoms with E-state index in [4.69, 9.17) is 14.1 Å². The van der Waals surface area contributed by atoms with Gasteiger partial charge in [-0.25, -0.2) is 9.37 Å². The summed E-state index contributed by atoms with van der Waals surface area (Å²) < 4.78 is 26.0. The fourth-order valence-electron chi connectivity index (χ4n) is 5.31. The molecule has 0 radical (unpaired) electrons. The predicted octanol–water partition coefficient (Wildman–Crippen LogP) is 4.02. The standard InChI is InChI=1S/C24H22FN7O2/c1-26-17-7-13(25)6-15-20-22(29-21(15)17)30-24(34-14-8-19-16(28-9-14)3-5-33-19)31-23(20)32-10-12-2-4-27-18(12)11-32/h3,5-9,12,18,26-27H,2,4,10-11H2,1H3,(H,29,30,31)/t12-,18+/m1/s1. The highest BCUT2D eigenvalue weighted by molar-refractivity contribution is 6.14. The summed E-state index contributed by atoms with van der Waals surface area (Å²) in [6.45, 7) is 2.75. The second-order valence-electron chi connectivity index (χ2n) is 8.90. The number of rotatable bonds is 4. The van der Waals surface area contributed by atoms with Crippen molar-refractivity contribution >= 4 is 44.5 Å². The normalized spacial score (nSPS) is 20.0. The van der Waals surface area contributed by atoms with Gasteiger partial charge in [-0.05, 0) is 31.0 Å². The molecule has 9 nitrogen and oxygen atoms in total. The fourth-order valence-corrected chi connectivity index (χ4v) is 5.31. The lowest BCUT2D eigenvalue weighted by molar-refractivity contribution is 0.441. The number of aromatic amines is 1. The van der Waals surface area contributed by atoms with Crippen LogP contribution < -0.4 is 20.3 Å². The van der Waals surface area contributed by atoms with Gasteiger partial charge < -0.3 is 29.7 Å².